The number of rotatable bonds is 13. The summed E-state index contributed by atoms with van der Waals surface area (Å²) in [6.07, 6.45) is 0. The largest absolute Gasteiger partial charge is 0.497 e. The third-order valence-corrected chi connectivity index (χ3v) is 10.1. The Kier molecular flexibility index (Phi) is 9.60. The number of carbonyl (C=O) groups excluding carboxylic acids is 3. The van der Waals surface area contributed by atoms with Crippen molar-refractivity contribution in [3.05, 3.63) is 84.9 Å². The van der Waals surface area contributed by atoms with Crippen molar-refractivity contribution in [1.82, 2.24) is 0 Å². The van der Waals surface area contributed by atoms with E-state index in [0.717, 1.165) is 8.61 Å². The zero-order valence-corrected chi connectivity index (χ0v) is 25.5. The first-order valence-electron chi connectivity index (χ1n) is 13.2. The fourth-order valence-corrected chi connectivity index (χ4v) is 7.41. The smallest absolute Gasteiger partial charge is 0.264 e. The normalized spacial score (nSPS) is 11.5. The molecule has 0 unspecified atom stereocenters. The van der Waals surface area contributed by atoms with Crippen LogP contribution in [0.2, 0.25) is 0 Å². The number of methoxy groups -OCH3 is 1. The van der Waals surface area contributed by atoms with Gasteiger partial charge >= 0.3 is 0 Å². The molecule has 0 atom stereocenters. The van der Waals surface area contributed by atoms with E-state index in [0.29, 0.717) is 11.4 Å². The van der Waals surface area contributed by atoms with Gasteiger partial charge in [-0.3, -0.25) is 23.0 Å². The second-order valence-electron chi connectivity index (χ2n) is 9.56. The third kappa shape index (κ3) is 6.98. The molecule has 3 amide bonds. The van der Waals surface area contributed by atoms with Gasteiger partial charge in [-0.25, -0.2) is 16.8 Å². The third-order valence-electron chi connectivity index (χ3n) is 6.57. The van der Waals surface area contributed by atoms with E-state index >= 15 is 0 Å². The van der Waals surface area contributed by atoms with E-state index in [-0.39, 0.29) is 38.5 Å². The number of carbonyl (C=O) groups is 3. The summed E-state index contributed by atoms with van der Waals surface area (Å²) in [5.74, 6) is -1.97. The van der Waals surface area contributed by atoms with E-state index in [2.05, 4.69) is 5.32 Å². The highest BCUT2D eigenvalue weighted by Gasteiger charge is 2.31. The van der Waals surface area contributed by atoms with Gasteiger partial charge in [-0.15, -0.1) is 0 Å². The van der Waals surface area contributed by atoms with E-state index in [1.807, 2.05) is 0 Å². The van der Waals surface area contributed by atoms with Crippen LogP contribution in [-0.2, 0) is 34.4 Å². The van der Waals surface area contributed by atoms with Crippen molar-refractivity contribution >= 4 is 65.6 Å². The Morgan fingerprint density at radius 3 is 1.49 bits per heavy atom. The summed E-state index contributed by atoms with van der Waals surface area (Å²) in [6.45, 7) is -1.76. The van der Waals surface area contributed by atoms with Gasteiger partial charge in [0.2, 0.25) is 17.7 Å². The van der Waals surface area contributed by atoms with Gasteiger partial charge in [0, 0.05) is 16.5 Å². The number of hydrogen-bond donors (Lipinski definition) is 4. The van der Waals surface area contributed by atoms with Gasteiger partial charge < -0.3 is 27.3 Å². The molecule has 0 spiro atoms. The van der Waals surface area contributed by atoms with Gasteiger partial charge in [-0.05, 0) is 60.7 Å². The summed E-state index contributed by atoms with van der Waals surface area (Å²) >= 11 is 0. The molecule has 16 heteroatoms. The van der Waals surface area contributed by atoms with E-state index in [4.69, 9.17) is 21.9 Å². The molecule has 0 aliphatic heterocycles. The number of anilines is 3. The Hall–Kier alpha value is -5.19. The van der Waals surface area contributed by atoms with E-state index in [1.165, 1.54) is 79.9 Å². The van der Waals surface area contributed by atoms with Gasteiger partial charge in [-0.2, -0.15) is 0 Å². The molecule has 0 saturated carbocycles. The van der Waals surface area contributed by atoms with Crippen molar-refractivity contribution < 1.29 is 36.0 Å². The molecule has 0 heterocycles. The highest BCUT2D eigenvalue weighted by atomic mass is 32.2. The highest BCUT2D eigenvalue weighted by molar-refractivity contribution is 7.93. The van der Waals surface area contributed by atoms with Crippen molar-refractivity contribution in [2.24, 2.45) is 17.2 Å². The van der Waals surface area contributed by atoms with Crippen LogP contribution in [0.25, 0.3) is 10.8 Å². The van der Waals surface area contributed by atoms with Crippen molar-refractivity contribution in [3.8, 4) is 5.75 Å². The summed E-state index contributed by atoms with van der Waals surface area (Å²) < 4.78 is 62.1. The van der Waals surface area contributed by atoms with Crippen LogP contribution in [0.1, 0.15) is 0 Å². The highest BCUT2D eigenvalue weighted by Crippen LogP contribution is 2.38. The average Bonchev–Trinajstić information content (AvgIpc) is 3.02. The first-order chi connectivity index (χ1) is 21.3. The number of fused-ring (bicyclic) bond motifs is 1. The fraction of sp³-hybridized carbons (Fsp3) is 0.138. The van der Waals surface area contributed by atoms with Crippen LogP contribution in [0.4, 0.5) is 17.1 Å². The van der Waals surface area contributed by atoms with Crippen LogP contribution >= 0.6 is 0 Å². The lowest BCUT2D eigenvalue weighted by Crippen LogP contribution is -2.39. The number of ether oxygens (including phenoxy) is 1. The molecular formula is C29H30N6O8S2. The molecule has 236 valence electrons. The van der Waals surface area contributed by atoms with Crippen molar-refractivity contribution in [1.29, 1.82) is 0 Å². The molecular weight excluding hydrogens is 624 g/mol. The van der Waals surface area contributed by atoms with Gasteiger partial charge in [0.25, 0.3) is 20.0 Å². The SMILES string of the molecule is COc1ccc(S(=O)(=O)N(CC(N)=O)c2ccc(N(CC(N)=O)S(=O)(=O)c3ccc(NC(=O)CN)cc3)c3ccccc23)cc1. The first-order valence-corrected chi connectivity index (χ1v) is 16.1. The molecule has 0 aromatic heterocycles. The maximum Gasteiger partial charge on any atom is 0.264 e. The summed E-state index contributed by atoms with van der Waals surface area (Å²) in [5, 5.41) is 2.97. The summed E-state index contributed by atoms with van der Waals surface area (Å²) in [4.78, 5) is 35.5. The number of nitrogens with one attached hydrogen (secondary N) is 1. The Bertz CT molecular complexity index is 1970. The standard InChI is InChI=1S/C29H30N6O8S2/c1-43-20-8-12-22(13-9-20)45(41,42)35(18-28(32)37)26-15-14-25(23-4-2-3-5-24(23)26)34(17-27(31)36)44(39,40)21-10-6-19(7-11-21)33-29(38)16-30/h2-15H,16-18,30H2,1H3,(H2,31,36)(H2,32,37)(H,33,38). The van der Waals surface area contributed by atoms with Gasteiger partial charge in [0.15, 0.2) is 0 Å². The zero-order valence-electron chi connectivity index (χ0n) is 23.9. The predicted molar refractivity (Wildman–Crippen MR) is 169 cm³/mol. The molecule has 7 N–H and O–H groups in total. The Balaban J connectivity index is 1.87. The number of hydrogen-bond acceptors (Lipinski definition) is 9. The van der Waals surface area contributed by atoms with Crippen molar-refractivity contribution in [2.45, 2.75) is 9.79 Å². The summed E-state index contributed by atoms with van der Waals surface area (Å²) in [5.41, 5.74) is 16.6. The quantitative estimate of drug-likeness (QED) is 0.162. The number of nitrogens with zero attached hydrogens (tertiary/aromatic N) is 2. The lowest BCUT2D eigenvalue weighted by Gasteiger charge is -2.28. The maximum atomic E-state index is 13.9. The molecule has 0 saturated heterocycles. The van der Waals surface area contributed by atoms with Gasteiger partial charge in [-0.1, -0.05) is 24.3 Å². The molecule has 4 aromatic rings. The van der Waals surface area contributed by atoms with Gasteiger partial charge in [0.05, 0.1) is 34.8 Å². The zero-order chi connectivity index (χ0) is 32.9. The van der Waals surface area contributed by atoms with Crippen LogP contribution in [0.5, 0.6) is 5.75 Å². The van der Waals surface area contributed by atoms with Crippen LogP contribution in [0.15, 0.2) is 94.7 Å². The van der Waals surface area contributed by atoms with Crippen molar-refractivity contribution in [2.75, 3.05) is 40.7 Å². The lowest BCUT2D eigenvalue weighted by atomic mass is 10.1. The number of sulfonamides is 2. The minimum Gasteiger partial charge on any atom is -0.497 e. The molecule has 4 aromatic carbocycles. The molecule has 4 rings (SSSR count). The molecule has 14 nitrogen and oxygen atoms in total. The summed E-state index contributed by atoms with van der Waals surface area (Å²) in [7, 11) is -7.39. The van der Waals surface area contributed by atoms with Crippen LogP contribution in [0, 0.1) is 0 Å². The molecule has 0 aliphatic carbocycles. The molecule has 0 aliphatic rings. The van der Waals surface area contributed by atoms with E-state index in [1.54, 1.807) is 12.1 Å². The lowest BCUT2D eigenvalue weighted by molar-refractivity contribution is -0.117. The summed E-state index contributed by atoms with van der Waals surface area (Å²) in [6, 6.07) is 19.6. The topological polar surface area (TPSA) is 225 Å². The monoisotopic (exact) mass is 654 g/mol. The van der Waals surface area contributed by atoms with E-state index in [9.17, 15) is 31.2 Å². The average molecular weight is 655 g/mol. The van der Waals surface area contributed by atoms with E-state index < -0.39 is 50.9 Å². The number of amides is 3. The van der Waals surface area contributed by atoms with Crippen LogP contribution < -0.4 is 35.9 Å². The molecule has 0 bridgehead atoms. The minimum atomic E-state index is -4.44. The second-order valence-corrected chi connectivity index (χ2v) is 13.3. The van der Waals surface area contributed by atoms with Gasteiger partial charge in [0.1, 0.15) is 18.8 Å². The predicted octanol–water partition coefficient (Wildman–Crippen LogP) is 1.11. The van der Waals surface area contributed by atoms with Crippen molar-refractivity contribution in [3.63, 3.8) is 0 Å². The second kappa shape index (κ2) is 13.2. The molecule has 45 heavy (non-hydrogen) atoms. The fourth-order valence-electron chi connectivity index (χ4n) is 4.51. The number of benzene rings is 4. The van der Waals surface area contributed by atoms with Crippen LogP contribution in [0.3, 0.4) is 0 Å². The molecule has 0 fully saturated rings. The number of primary amides is 2. The first kappa shape index (κ1) is 32.7. The number of nitrogens with two attached hydrogens (primary N) is 3. The Labute approximate surface area is 259 Å². The Morgan fingerprint density at radius 1 is 0.689 bits per heavy atom. The molecule has 0 radical (unpaired) electrons. The van der Waals surface area contributed by atoms with Crippen LogP contribution in [-0.4, -0.2) is 61.3 Å². The Morgan fingerprint density at radius 2 is 1.11 bits per heavy atom. The maximum absolute atomic E-state index is 13.9. The minimum absolute atomic E-state index is 0.00883.